The zero-order chi connectivity index (χ0) is 30.2. The summed E-state index contributed by atoms with van der Waals surface area (Å²) < 4.78 is 39.0. The standard InChI is InChI=1S/C31H34F3N5O3S/c32-31(33,34)23-3-1-2-21(16-23)27(41)37-18-26(40)39-14-11-29(20-39)10-13-38(19-29)24-6-8-30(42,9-7-24)25-5-4-22(17-36-25)28-35-12-15-43-28/h1-5,12,15-17,24,42H,6-11,13-14,18-20H2,(H,37,41)/t24?,29-,30?/m1/s1. The van der Waals surface area contributed by atoms with E-state index >= 15 is 0 Å². The predicted molar refractivity (Wildman–Crippen MR) is 155 cm³/mol. The monoisotopic (exact) mass is 613 g/mol. The summed E-state index contributed by atoms with van der Waals surface area (Å²) >= 11 is 1.56. The highest BCUT2D eigenvalue weighted by molar-refractivity contribution is 7.13. The molecule has 3 aliphatic rings. The first-order valence-electron chi connectivity index (χ1n) is 14.6. The smallest absolute Gasteiger partial charge is 0.384 e. The number of aliphatic hydroxyl groups is 1. The Labute approximate surface area is 251 Å². The van der Waals surface area contributed by atoms with Crippen LogP contribution in [0.2, 0.25) is 0 Å². The molecule has 0 unspecified atom stereocenters. The van der Waals surface area contributed by atoms with Gasteiger partial charge < -0.3 is 15.3 Å². The number of halogens is 3. The summed E-state index contributed by atoms with van der Waals surface area (Å²) in [6.45, 7) is 2.78. The van der Waals surface area contributed by atoms with Crippen molar-refractivity contribution >= 4 is 23.2 Å². The molecule has 3 fully saturated rings. The Hall–Kier alpha value is -3.35. The molecule has 228 valence electrons. The lowest BCUT2D eigenvalue weighted by Crippen LogP contribution is -2.43. The van der Waals surface area contributed by atoms with E-state index in [2.05, 4.69) is 20.2 Å². The second-order valence-electron chi connectivity index (χ2n) is 12.1. The van der Waals surface area contributed by atoms with Crippen LogP contribution in [-0.2, 0) is 16.6 Å². The van der Waals surface area contributed by atoms with Crippen molar-refractivity contribution in [2.24, 2.45) is 5.41 Å². The van der Waals surface area contributed by atoms with Gasteiger partial charge in [0, 0.05) is 60.0 Å². The summed E-state index contributed by atoms with van der Waals surface area (Å²) in [5.74, 6) is -0.935. The number of carbonyl (C=O) groups is 2. The van der Waals surface area contributed by atoms with Crippen molar-refractivity contribution < 1.29 is 27.9 Å². The third-order valence-electron chi connectivity index (χ3n) is 9.33. The van der Waals surface area contributed by atoms with Gasteiger partial charge in [0.15, 0.2) is 0 Å². The Bertz CT molecular complexity index is 1460. The molecule has 1 aromatic carbocycles. The van der Waals surface area contributed by atoms with Crippen molar-refractivity contribution in [1.29, 1.82) is 0 Å². The molecule has 12 heteroatoms. The highest BCUT2D eigenvalue weighted by Gasteiger charge is 2.47. The lowest BCUT2D eigenvalue weighted by atomic mass is 9.79. The maximum Gasteiger partial charge on any atom is 0.416 e. The van der Waals surface area contributed by atoms with E-state index in [1.807, 2.05) is 17.5 Å². The number of nitrogens with one attached hydrogen (secondary N) is 1. The number of rotatable bonds is 6. The van der Waals surface area contributed by atoms with Gasteiger partial charge in [0.1, 0.15) is 10.6 Å². The molecule has 3 aromatic rings. The molecule has 1 aliphatic carbocycles. The molecule has 2 aliphatic heterocycles. The Balaban J connectivity index is 0.981. The highest BCUT2D eigenvalue weighted by atomic mass is 32.1. The van der Waals surface area contributed by atoms with Crippen molar-refractivity contribution in [1.82, 2.24) is 25.1 Å². The van der Waals surface area contributed by atoms with E-state index in [1.54, 1.807) is 28.6 Å². The molecule has 2 amide bonds. The normalized spacial score (nSPS) is 26.2. The number of nitrogens with zero attached hydrogens (tertiary/aromatic N) is 4. The van der Waals surface area contributed by atoms with Gasteiger partial charge in [0.2, 0.25) is 5.91 Å². The summed E-state index contributed by atoms with van der Waals surface area (Å²) in [6, 6.07) is 8.43. The van der Waals surface area contributed by atoms with Crippen LogP contribution in [0.5, 0.6) is 0 Å². The fraction of sp³-hybridized carbons (Fsp3) is 0.484. The van der Waals surface area contributed by atoms with Crippen LogP contribution in [0.1, 0.15) is 60.1 Å². The third kappa shape index (κ3) is 6.32. The van der Waals surface area contributed by atoms with E-state index in [4.69, 9.17) is 0 Å². The highest BCUT2D eigenvalue weighted by Crippen LogP contribution is 2.44. The minimum Gasteiger partial charge on any atom is -0.384 e. The average Bonchev–Trinajstić information content (AvgIpc) is 3.78. The number of aromatic nitrogens is 2. The summed E-state index contributed by atoms with van der Waals surface area (Å²) in [5.41, 5.74) is -0.324. The molecule has 1 saturated carbocycles. The molecule has 0 bridgehead atoms. The van der Waals surface area contributed by atoms with Crippen molar-refractivity contribution in [3.8, 4) is 10.6 Å². The number of pyridine rings is 1. The molecule has 1 spiro atoms. The SMILES string of the molecule is O=C(NCC(=O)N1CC[C@@]2(CCN(C3CCC(O)(c4ccc(-c5nccs5)cn4)CC3)C2)C1)c1cccc(C(F)(F)F)c1. The maximum atomic E-state index is 13.0. The summed E-state index contributed by atoms with van der Waals surface area (Å²) in [5, 5.41) is 16.7. The topological polar surface area (TPSA) is 98.7 Å². The van der Waals surface area contributed by atoms with E-state index < -0.39 is 23.2 Å². The van der Waals surface area contributed by atoms with Gasteiger partial charge in [-0.1, -0.05) is 6.07 Å². The van der Waals surface area contributed by atoms with Gasteiger partial charge >= 0.3 is 6.18 Å². The van der Waals surface area contributed by atoms with E-state index in [0.29, 0.717) is 37.7 Å². The Morgan fingerprint density at radius 1 is 1.05 bits per heavy atom. The lowest BCUT2D eigenvalue weighted by Gasteiger charge is -2.39. The third-order valence-corrected chi connectivity index (χ3v) is 10.2. The number of alkyl halides is 3. The van der Waals surface area contributed by atoms with E-state index in [9.17, 15) is 27.9 Å². The van der Waals surface area contributed by atoms with Crippen LogP contribution in [0.4, 0.5) is 13.2 Å². The van der Waals surface area contributed by atoms with Crippen LogP contribution in [-0.4, -0.2) is 75.5 Å². The lowest BCUT2D eigenvalue weighted by molar-refractivity contribution is -0.137. The first-order valence-corrected chi connectivity index (χ1v) is 15.5. The number of benzene rings is 1. The fourth-order valence-electron chi connectivity index (χ4n) is 6.83. The van der Waals surface area contributed by atoms with Crippen LogP contribution < -0.4 is 5.32 Å². The van der Waals surface area contributed by atoms with Gasteiger partial charge in [-0.25, -0.2) is 4.98 Å². The van der Waals surface area contributed by atoms with Crippen LogP contribution in [0.3, 0.4) is 0 Å². The Morgan fingerprint density at radius 3 is 2.53 bits per heavy atom. The predicted octanol–water partition coefficient (Wildman–Crippen LogP) is 4.71. The average molecular weight is 614 g/mol. The van der Waals surface area contributed by atoms with Crippen molar-refractivity contribution in [2.75, 3.05) is 32.7 Å². The minimum absolute atomic E-state index is 0.00166. The first kappa shape index (κ1) is 29.7. The van der Waals surface area contributed by atoms with Gasteiger partial charge in [-0.15, -0.1) is 11.3 Å². The minimum atomic E-state index is -4.55. The zero-order valence-corrected chi connectivity index (χ0v) is 24.5. The molecule has 2 N–H and O–H groups in total. The molecule has 0 radical (unpaired) electrons. The second-order valence-corrected chi connectivity index (χ2v) is 13.0. The van der Waals surface area contributed by atoms with Crippen LogP contribution in [0.15, 0.2) is 54.2 Å². The van der Waals surface area contributed by atoms with Gasteiger partial charge in [0.25, 0.3) is 5.91 Å². The quantitative estimate of drug-likeness (QED) is 0.418. The van der Waals surface area contributed by atoms with Crippen LogP contribution in [0, 0.1) is 5.41 Å². The van der Waals surface area contributed by atoms with Crippen LogP contribution >= 0.6 is 11.3 Å². The molecule has 2 aromatic heterocycles. The number of likely N-dealkylation sites (tertiary alicyclic amines) is 2. The van der Waals surface area contributed by atoms with Gasteiger partial charge in [0.05, 0.1) is 17.8 Å². The molecule has 8 nitrogen and oxygen atoms in total. The molecular formula is C31H34F3N5O3S. The molecule has 43 heavy (non-hydrogen) atoms. The van der Waals surface area contributed by atoms with Gasteiger partial charge in [-0.05, 0) is 75.4 Å². The number of thiazole rings is 1. The van der Waals surface area contributed by atoms with Crippen molar-refractivity contribution in [2.45, 2.75) is 56.3 Å². The summed E-state index contributed by atoms with van der Waals surface area (Å²) in [6.07, 6.45) is 3.88. The Kier molecular flexibility index (Phi) is 8.03. The van der Waals surface area contributed by atoms with E-state index in [-0.39, 0.29) is 23.4 Å². The van der Waals surface area contributed by atoms with Gasteiger partial charge in [-0.2, -0.15) is 13.2 Å². The van der Waals surface area contributed by atoms with Crippen molar-refractivity contribution in [3.05, 3.63) is 71.0 Å². The molecule has 4 heterocycles. The van der Waals surface area contributed by atoms with Gasteiger partial charge in [-0.3, -0.25) is 19.5 Å². The molecule has 6 rings (SSSR count). The fourth-order valence-corrected chi connectivity index (χ4v) is 7.46. The summed E-state index contributed by atoms with van der Waals surface area (Å²) in [7, 11) is 0. The van der Waals surface area contributed by atoms with Crippen molar-refractivity contribution in [3.63, 3.8) is 0 Å². The van der Waals surface area contributed by atoms with E-state index in [0.717, 1.165) is 61.5 Å². The maximum absolute atomic E-state index is 13.0. The first-order chi connectivity index (χ1) is 20.5. The number of amides is 2. The van der Waals surface area contributed by atoms with E-state index in [1.165, 1.54) is 12.1 Å². The number of carbonyl (C=O) groups excluding carboxylic acids is 2. The molecular weight excluding hydrogens is 579 g/mol. The molecule has 1 atom stereocenters. The molecule has 2 saturated heterocycles. The number of hydrogen-bond acceptors (Lipinski definition) is 7. The Morgan fingerprint density at radius 2 is 1.84 bits per heavy atom. The second kappa shape index (κ2) is 11.6. The largest absolute Gasteiger partial charge is 0.416 e. The van der Waals surface area contributed by atoms with Crippen LogP contribution in [0.25, 0.3) is 10.6 Å². The number of hydrogen-bond donors (Lipinski definition) is 2. The summed E-state index contributed by atoms with van der Waals surface area (Å²) in [4.78, 5) is 38.5. The zero-order valence-electron chi connectivity index (χ0n) is 23.6.